The molecule has 4 rings (SSSR count). The van der Waals surface area contributed by atoms with E-state index >= 15 is 0 Å². The molecule has 2 heterocycles. The van der Waals surface area contributed by atoms with E-state index in [0.717, 1.165) is 11.1 Å². The van der Waals surface area contributed by atoms with E-state index in [-0.39, 0.29) is 37.4 Å². The zero-order valence-corrected chi connectivity index (χ0v) is 13.5. The van der Waals surface area contributed by atoms with Crippen LogP contribution >= 0.6 is 0 Å². The van der Waals surface area contributed by atoms with E-state index in [1.54, 1.807) is 6.07 Å². The number of rotatable bonds is 4. The van der Waals surface area contributed by atoms with Crippen molar-refractivity contribution in [3.8, 4) is 17.2 Å². The van der Waals surface area contributed by atoms with E-state index in [0.29, 0.717) is 23.8 Å². The minimum atomic E-state index is -0.299. The van der Waals surface area contributed by atoms with Crippen molar-refractivity contribution in [3.05, 3.63) is 53.6 Å². The summed E-state index contributed by atoms with van der Waals surface area (Å²) in [4.78, 5) is 24.0. The first-order valence-corrected chi connectivity index (χ1v) is 8.14. The molecule has 1 atom stereocenters. The zero-order valence-electron chi connectivity index (χ0n) is 13.5. The quantitative estimate of drug-likeness (QED) is 0.684. The standard InChI is InChI=1S/C19H17NO5/c21-18(20-10-12-5-6-16-17(7-12)24-11-23-16)8-13-9-19(22)25-15-4-2-1-3-14(13)15/h1-7,13H,8-11H2,(H,20,21)/t13-/m0/s1. The number of nitrogens with one attached hydrogen (secondary N) is 1. The zero-order chi connectivity index (χ0) is 17.2. The molecule has 1 amide bonds. The largest absolute Gasteiger partial charge is 0.454 e. The summed E-state index contributed by atoms with van der Waals surface area (Å²) in [7, 11) is 0. The van der Waals surface area contributed by atoms with E-state index in [4.69, 9.17) is 14.2 Å². The Morgan fingerprint density at radius 1 is 1.08 bits per heavy atom. The van der Waals surface area contributed by atoms with Gasteiger partial charge in [0.15, 0.2) is 11.5 Å². The molecule has 0 fully saturated rings. The number of fused-ring (bicyclic) bond motifs is 2. The fourth-order valence-corrected chi connectivity index (χ4v) is 3.12. The van der Waals surface area contributed by atoms with Crippen molar-refractivity contribution >= 4 is 11.9 Å². The predicted molar refractivity (Wildman–Crippen MR) is 88.5 cm³/mol. The van der Waals surface area contributed by atoms with Gasteiger partial charge in [-0.05, 0) is 29.3 Å². The van der Waals surface area contributed by atoms with Crippen LogP contribution in [-0.2, 0) is 16.1 Å². The normalized spacial score (nSPS) is 17.6. The van der Waals surface area contributed by atoms with E-state index in [2.05, 4.69) is 5.32 Å². The highest BCUT2D eigenvalue weighted by Gasteiger charge is 2.28. The Morgan fingerprint density at radius 3 is 2.84 bits per heavy atom. The number of para-hydroxylation sites is 1. The Hall–Kier alpha value is -3.02. The summed E-state index contributed by atoms with van der Waals surface area (Å²) in [6.07, 6.45) is 0.463. The Labute approximate surface area is 144 Å². The number of amides is 1. The van der Waals surface area contributed by atoms with Gasteiger partial charge in [-0.3, -0.25) is 9.59 Å². The molecule has 2 aromatic carbocycles. The van der Waals surface area contributed by atoms with Crippen LogP contribution in [0.15, 0.2) is 42.5 Å². The highest BCUT2D eigenvalue weighted by atomic mass is 16.7. The molecule has 2 aromatic rings. The number of carbonyl (C=O) groups is 2. The lowest BCUT2D eigenvalue weighted by Gasteiger charge is -2.23. The van der Waals surface area contributed by atoms with Crippen molar-refractivity contribution in [1.29, 1.82) is 0 Å². The van der Waals surface area contributed by atoms with Crippen LogP contribution in [0.2, 0.25) is 0 Å². The lowest BCUT2D eigenvalue weighted by molar-refractivity contribution is -0.136. The molecule has 1 N–H and O–H groups in total. The average Bonchev–Trinajstić information content (AvgIpc) is 3.07. The van der Waals surface area contributed by atoms with Gasteiger partial charge in [0, 0.05) is 18.9 Å². The van der Waals surface area contributed by atoms with Crippen LogP contribution in [-0.4, -0.2) is 18.7 Å². The number of esters is 1. The molecule has 0 unspecified atom stereocenters. The molecule has 6 heteroatoms. The molecule has 2 aliphatic heterocycles. The maximum Gasteiger partial charge on any atom is 0.311 e. The topological polar surface area (TPSA) is 73.9 Å². The molecule has 0 radical (unpaired) electrons. The average molecular weight is 339 g/mol. The first kappa shape index (κ1) is 15.5. The SMILES string of the molecule is O=C(C[C@H]1CC(=O)Oc2ccccc21)NCc1ccc2c(c1)OCO2. The van der Waals surface area contributed by atoms with Gasteiger partial charge in [0.2, 0.25) is 12.7 Å². The lowest BCUT2D eigenvalue weighted by Crippen LogP contribution is -2.28. The Morgan fingerprint density at radius 2 is 1.92 bits per heavy atom. The fraction of sp³-hybridized carbons (Fsp3) is 0.263. The van der Waals surface area contributed by atoms with Gasteiger partial charge < -0.3 is 19.5 Å². The third-order valence-corrected chi connectivity index (χ3v) is 4.35. The van der Waals surface area contributed by atoms with E-state index in [1.807, 2.05) is 36.4 Å². The summed E-state index contributed by atoms with van der Waals surface area (Å²) in [5, 5.41) is 2.90. The van der Waals surface area contributed by atoms with Crippen LogP contribution < -0.4 is 19.5 Å². The van der Waals surface area contributed by atoms with Gasteiger partial charge >= 0.3 is 5.97 Å². The number of benzene rings is 2. The van der Waals surface area contributed by atoms with Crippen molar-refractivity contribution in [1.82, 2.24) is 5.32 Å². The van der Waals surface area contributed by atoms with Gasteiger partial charge in [-0.15, -0.1) is 0 Å². The fourth-order valence-electron chi connectivity index (χ4n) is 3.12. The minimum absolute atomic E-state index is 0.104. The van der Waals surface area contributed by atoms with Gasteiger partial charge in [-0.2, -0.15) is 0 Å². The first-order valence-electron chi connectivity index (χ1n) is 8.14. The summed E-state index contributed by atoms with van der Waals surface area (Å²) in [6.45, 7) is 0.622. The second-order valence-electron chi connectivity index (χ2n) is 6.08. The van der Waals surface area contributed by atoms with Crippen LogP contribution in [0.3, 0.4) is 0 Å². The molecule has 0 aromatic heterocycles. The highest BCUT2D eigenvalue weighted by Crippen LogP contribution is 2.36. The van der Waals surface area contributed by atoms with Crippen LogP contribution in [0.1, 0.15) is 29.9 Å². The second-order valence-corrected chi connectivity index (χ2v) is 6.08. The summed E-state index contributed by atoms with van der Waals surface area (Å²) < 4.78 is 15.8. The molecule has 2 aliphatic rings. The molecule has 25 heavy (non-hydrogen) atoms. The molecule has 0 saturated carbocycles. The van der Waals surface area contributed by atoms with Gasteiger partial charge in [0.05, 0.1) is 6.42 Å². The van der Waals surface area contributed by atoms with Gasteiger partial charge in [0.1, 0.15) is 5.75 Å². The van der Waals surface area contributed by atoms with Crippen molar-refractivity contribution < 1.29 is 23.8 Å². The first-order chi connectivity index (χ1) is 12.2. The van der Waals surface area contributed by atoms with Crippen LogP contribution in [0, 0.1) is 0 Å². The summed E-state index contributed by atoms with van der Waals surface area (Å²) in [5.41, 5.74) is 1.83. The van der Waals surface area contributed by atoms with Crippen molar-refractivity contribution in [2.75, 3.05) is 6.79 Å². The molecular weight excluding hydrogens is 322 g/mol. The maximum atomic E-state index is 12.3. The van der Waals surface area contributed by atoms with Crippen LogP contribution in [0.4, 0.5) is 0 Å². The molecule has 0 saturated heterocycles. The molecule has 0 aliphatic carbocycles. The minimum Gasteiger partial charge on any atom is -0.454 e. The van der Waals surface area contributed by atoms with E-state index < -0.39 is 0 Å². The monoisotopic (exact) mass is 339 g/mol. The predicted octanol–water partition coefficient (Wildman–Crippen LogP) is 2.51. The second kappa shape index (κ2) is 6.47. The summed E-state index contributed by atoms with van der Waals surface area (Å²) in [5.74, 6) is 1.39. The van der Waals surface area contributed by atoms with Crippen LogP contribution in [0.5, 0.6) is 17.2 Å². The number of carbonyl (C=O) groups excluding carboxylic acids is 2. The smallest absolute Gasteiger partial charge is 0.311 e. The molecule has 128 valence electrons. The maximum absolute atomic E-state index is 12.3. The van der Waals surface area contributed by atoms with Gasteiger partial charge in [-0.1, -0.05) is 24.3 Å². The van der Waals surface area contributed by atoms with Gasteiger partial charge in [0.25, 0.3) is 0 Å². The molecular formula is C19H17NO5. The number of hydrogen-bond acceptors (Lipinski definition) is 5. The third-order valence-electron chi connectivity index (χ3n) is 4.35. The third kappa shape index (κ3) is 3.28. The number of hydrogen-bond donors (Lipinski definition) is 1. The Balaban J connectivity index is 1.39. The van der Waals surface area contributed by atoms with Crippen molar-refractivity contribution in [3.63, 3.8) is 0 Å². The van der Waals surface area contributed by atoms with E-state index in [9.17, 15) is 9.59 Å². The van der Waals surface area contributed by atoms with E-state index in [1.165, 1.54) is 0 Å². The Bertz CT molecular complexity index is 832. The molecule has 6 nitrogen and oxygen atoms in total. The Kier molecular flexibility index (Phi) is 4.01. The lowest BCUT2D eigenvalue weighted by atomic mass is 9.89. The summed E-state index contributed by atoms with van der Waals surface area (Å²) in [6, 6.07) is 12.9. The molecule has 0 spiro atoms. The summed E-state index contributed by atoms with van der Waals surface area (Å²) >= 11 is 0. The van der Waals surface area contributed by atoms with Gasteiger partial charge in [-0.25, -0.2) is 0 Å². The number of ether oxygens (including phenoxy) is 3. The van der Waals surface area contributed by atoms with Crippen molar-refractivity contribution in [2.24, 2.45) is 0 Å². The molecule has 0 bridgehead atoms. The van der Waals surface area contributed by atoms with Crippen LogP contribution in [0.25, 0.3) is 0 Å². The van der Waals surface area contributed by atoms with Crippen molar-refractivity contribution in [2.45, 2.75) is 25.3 Å². The highest BCUT2D eigenvalue weighted by molar-refractivity contribution is 5.81.